The minimum absolute atomic E-state index is 0.125. The van der Waals surface area contributed by atoms with Gasteiger partial charge in [0.25, 0.3) is 0 Å². The highest BCUT2D eigenvalue weighted by molar-refractivity contribution is 5.92. The van der Waals surface area contributed by atoms with Gasteiger partial charge in [-0.1, -0.05) is 12.0 Å². The van der Waals surface area contributed by atoms with E-state index in [0.717, 1.165) is 59.6 Å². The van der Waals surface area contributed by atoms with E-state index in [0.29, 0.717) is 12.4 Å². The summed E-state index contributed by atoms with van der Waals surface area (Å²) in [7, 11) is 0. The van der Waals surface area contributed by atoms with Crippen molar-refractivity contribution in [2.75, 3.05) is 38.1 Å². The summed E-state index contributed by atoms with van der Waals surface area (Å²) in [4.78, 5) is 25.1. The van der Waals surface area contributed by atoms with Gasteiger partial charge in [0.05, 0.1) is 12.1 Å². The summed E-state index contributed by atoms with van der Waals surface area (Å²) in [5.41, 5.74) is 3.21. The average molecular weight is 458 g/mol. The summed E-state index contributed by atoms with van der Waals surface area (Å²) in [6.07, 6.45) is 7.12. The molecule has 0 spiro atoms. The Morgan fingerprint density at radius 2 is 1.94 bits per heavy atom. The van der Waals surface area contributed by atoms with Crippen LogP contribution in [0.4, 0.5) is 11.5 Å². The van der Waals surface area contributed by atoms with Gasteiger partial charge >= 0.3 is 0 Å². The number of aromatic nitrogens is 2. The second-order valence-electron chi connectivity index (χ2n) is 8.92. The zero-order valence-corrected chi connectivity index (χ0v) is 20.3. The Kier molecular flexibility index (Phi) is 6.71. The molecule has 0 radical (unpaired) electrons. The van der Waals surface area contributed by atoms with Crippen molar-refractivity contribution in [2.24, 2.45) is 0 Å². The number of amides is 1. The maximum atomic E-state index is 11.8. The maximum Gasteiger partial charge on any atom is 0.219 e. The number of nitrogens with one attached hydrogen (secondary N) is 1. The van der Waals surface area contributed by atoms with E-state index in [9.17, 15) is 4.79 Å². The SMILES string of the molecule is C#Cc1cccc(Nc2ncnc3cc(OCC)c(C(C)(C)N4CCN(C(C)=O)CC4)cc23)c1. The van der Waals surface area contributed by atoms with Crippen molar-refractivity contribution in [3.8, 4) is 18.1 Å². The largest absolute Gasteiger partial charge is 0.493 e. The molecule has 176 valence electrons. The van der Waals surface area contributed by atoms with E-state index in [1.807, 2.05) is 42.2 Å². The number of terminal acetylenes is 1. The second kappa shape index (κ2) is 9.70. The minimum Gasteiger partial charge on any atom is -0.493 e. The average Bonchev–Trinajstić information content (AvgIpc) is 2.84. The lowest BCUT2D eigenvalue weighted by Gasteiger charge is -2.44. The molecule has 3 aromatic rings. The van der Waals surface area contributed by atoms with Gasteiger partial charge in [-0.05, 0) is 45.0 Å². The quantitative estimate of drug-likeness (QED) is 0.561. The van der Waals surface area contributed by atoms with E-state index in [1.165, 1.54) is 0 Å². The Balaban J connectivity index is 1.75. The van der Waals surface area contributed by atoms with Crippen LogP contribution >= 0.6 is 0 Å². The number of rotatable bonds is 6. The van der Waals surface area contributed by atoms with Crippen molar-refractivity contribution in [1.29, 1.82) is 0 Å². The Labute approximate surface area is 201 Å². The number of ether oxygens (including phenoxy) is 1. The van der Waals surface area contributed by atoms with Crippen LogP contribution in [-0.2, 0) is 10.3 Å². The van der Waals surface area contributed by atoms with Gasteiger partial charge < -0.3 is 15.0 Å². The Morgan fingerprint density at radius 3 is 2.62 bits per heavy atom. The normalized spacial score (nSPS) is 14.6. The molecule has 34 heavy (non-hydrogen) atoms. The van der Waals surface area contributed by atoms with E-state index >= 15 is 0 Å². The van der Waals surface area contributed by atoms with Crippen molar-refractivity contribution < 1.29 is 9.53 Å². The monoisotopic (exact) mass is 457 g/mol. The smallest absolute Gasteiger partial charge is 0.219 e. The van der Waals surface area contributed by atoms with Crippen LogP contribution < -0.4 is 10.1 Å². The summed E-state index contributed by atoms with van der Waals surface area (Å²) < 4.78 is 6.08. The molecule has 1 aromatic heterocycles. The number of fused-ring (bicyclic) bond motifs is 1. The van der Waals surface area contributed by atoms with Crippen LogP contribution in [0.25, 0.3) is 10.9 Å². The zero-order chi connectivity index (χ0) is 24.3. The van der Waals surface area contributed by atoms with E-state index in [-0.39, 0.29) is 11.4 Å². The van der Waals surface area contributed by atoms with E-state index in [2.05, 4.69) is 46.0 Å². The van der Waals surface area contributed by atoms with Gasteiger partial charge in [-0.2, -0.15) is 0 Å². The van der Waals surface area contributed by atoms with Crippen LogP contribution in [0.2, 0.25) is 0 Å². The number of piperazine rings is 1. The molecule has 1 amide bonds. The number of nitrogens with zero attached hydrogens (tertiary/aromatic N) is 4. The standard InChI is InChI=1S/C27H31N5O2/c1-6-20-9-8-10-21(15-20)30-26-22-16-23(25(34-7-2)17-24(22)28-18-29-26)27(4,5)32-13-11-31(12-14-32)19(3)33/h1,8-10,15-18H,7,11-14H2,2-5H3,(H,28,29,30). The summed E-state index contributed by atoms with van der Waals surface area (Å²) in [6.45, 7) is 11.6. The third-order valence-corrected chi connectivity index (χ3v) is 6.50. The molecule has 0 saturated carbocycles. The topological polar surface area (TPSA) is 70.6 Å². The molecule has 1 N–H and O–H groups in total. The van der Waals surface area contributed by atoms with Gasteiger partial charge in [0.2, 0.25) is 5.91 Å². The van der Waals surface area contributed by atoms with Crippen LogP contribution in [0.3, 0.4) is 0 Å². The number of anilines is 2. The van der Waals surface area contributed by atoms with Crippen LogP contribution in [0.5, 0.6) is 5.75 Å². The summed E-state index contributed by atoms with van der Waals surface area (Å²) in [6, 6.07) is 11.8. The fourth-order valence-corrected chi connectivity index (χ4v) is 4.51. The zero-order valence-electron chi connectivity index (χ0n) is 20.3. The lowest BCUT2D eigenvalue weighted by Crippen LogP contribution is -2.54. The first-order valence-electron chi connectivity index (χ1n) is 11.6. The maximum absolute atomic E-state index is 11.8. The van der Waals surface area contributed by atoms with Gasteiger partial charge in [0.15, 0.2) is 0 Å². The first kappa shape index (κ1) is 23.5. The van der Waals surface area contributed by atoms with E-state index < -0.39 is 0 Å². The highest BCUT2D eigenvalue weighted by Gasteiger charge is 2.35. The Bertz CT molecular complexity index is 1240. The molecule has 1 fully saturated rings. The lowest BCUT2D eigenvalue weighted by molar-refractivity contribution is -0.131. The third-order valence-electron chi connectivity index (χ3n) is 6.50. The molecule has 0 aliphatic carbocycles. The molecule has 7 nitrogen and oxygen atoms in total. The van der Waals surface area contributed by atoms with Crippen LogP contribution in [0, 0.1) is 12.3 Å². The highest BCUT2D eigenvalue weighted by Crippen LogP contribution is 2.39. The van der Waals surface area contributed by atoms with Crippen molar-refractivity contribution in [2.45, 2.75) is 33.2 Å². The number of carbonyl (C=O) groups excluding carboxylic acids is 1. The molecule has 1 aliphatic rings. The van der Waals surface area contributed by atoms with E-state index in [1.54, 1.807) is 13.3 Å². The van der Waals surface area contributed by atoms with Crippen molar-refractivity contribution in [3.63, 3.8) is 0 Å². The summed E-state index contributed by atoms with van der Waals surface area (Å²) >= 11 is 0. The molecule has 2 heterocycles. The number of carbonyl (C=O) groups is 1. The molecule has 4 rings (SSSR count). The van der Waals surface area contributed by atoms with Gasteiger partial charge in [-0.25, -0.2) is 9.97 Å². The molecule has 0 bridgehead atoms. The predicted molar refractivity (Wildman–Crippen MR) is 135 cm³/mol. The third kappa shape index (κ3) is 4.68. The molecule has 2 aromatic carbocycles. The highest BCUT2D eigenvalue weighted by atomic mass is 16.5. The molecule has 0 atom stereocenters. The van der Waals surface area contributed by atoms with Crippen molar-refractivity contribution in [3.05, 3.63) is 53.9 Å². The van der Waals surface area contributed by atoms with Gasteiger partial charge in [0, 0.05) is 66.9 Å². The second-order valence-corrected chi connectivity index (χ2v) is 8.92. The minimum atomic E-state index is -0.321. The van der Waals surface area contributed by atoms with Crippen molar-refractivity contribution in [1.82, 2.24) is 19.8 Å². The Hall–Kier alpha value is -3.63. The van der Waals surface area contributed by atoms with Crippen LogP contribution in [-0.4, -0.2) is 58.5 Å². The molecular formula is C27H31N5O2. The van der Waals surface area contributed by atoms with Crippen molar-refractivity contribution >= 4 is 28.3 Å². The number of benzene rings is 2. The molecule has 7 heteroatoms. The fraction of sp³-hybridized carbons (Fsp3) is 0.370. The number of hydrogen-bond donors (Lipinski definition) is 1. The lowest BCUT2D eigenvalue weighted by atomic mass is 9.89. The summed E-state index contributed by atoms with van der Waals surface area (Å²) in [5.74, 6) is 4.31. The first-order valence-corrected chi connectivity index (χ1v) is 11.6. The number of hydrogen-bond acceptors (Lipinski definition) is 6. The molecule has 1 aliphatic heterocycles. The van der Waals surface area contributed by atoms with Crippen LogP contribution in [0.15, 0.2) is 42.7 Å². The molecule has 1 saturated heterocycles. The Morgan fingerprint density at radius 1 is 1.18 bits per heavy atom. The van der Waals surface area contributed by atoms with Crippen LogP contribution in [0.1, 0.15) is 38.8 Å². The van der Waals surface area contributed by atoms with Gasteiger partial charge in [0.1, 0.15) is 17.9 Å². The van der Waals surface area contributed by atoms with Gasteiger partial charge in [-0.15, -0.1) is 6.42 Å². The summed E-state index contributed by atoms with van der Waals surface area (Å²) in [5, 5.41) is 4.31. The molecular weight excluding hydrogens is 426 g/mol. The molecule has 0 unspecified atom stereocenters. The fourth-order valence-electron chi connectivity index (χ4n) is 4.51. The van der Waals surface area contributed by atoms with E-state index in [4.69, 9.17) is 11.2 Å². The van der Waals surface area contributed by atoms with Gasteiger partial charge in [-0.3, -0.25) is 9.69 Å². The first-order chi connectivity index (χ1) is 16.3. The predicted octanol–water partition coefficient (Wildman–Crippen LogP) is 4.15.